The van der Waals surface area contributed by atoms with Crippen LogP contribution in [0.5, 0.6) is 0 Å². The summed E-state index contributed by atoms with van der Waals surface area (Å²) in [5, 5.41) is 0. The summed E-state index contributed by atoms with van der Waals surface area (Å²) in [5.41, 5.74) is 3.45. The van der Waals surface area contributed by atoms with E-state index in [0.29, 0.717) is 35.5 Å². The molecular weight excluding hydrogens is 284 g/mol. The van der Waals surface area contributed by atoms with Crippen molar-refractivity contribution in [2.75, 3.05) is 0 Å². The molecule has 0 saturated carbocycles. The SMILES string of the molecule is CC(C)C1=C(C(C)C)SC(C(C)C)=C(C(C)C)C(C(C)C)C1. The number of hydrogen-bond acceptors (Lipinski definition) is 1. The first-order valence-corrected chi connectivity index (χ1v) is 10.0. The highest BCUT2D eigenvalue weighted by molar-refractivity contribution is 8.06. The van der Waals surface area contributed by atoms with Gasteiger partial charge in [0.25, 0.3) is 0 Å². The van der Waals surface area contributed by atoms with E-state index in [4.69, 9.17) is 0 Å². The molecular formula is C21H38S. The third-order valence-electron chi connectivity index (χ3n) is 4.83. The van der Waals surface area contributed by atoms with Gasteiger partial charge in [-0.15, -0.1) is 0 Å². The maximum atomic E-state index is 2.41. The van der Waals surface area contributed by atoms with E-state index in [9.17, 15) is 0 Å². The van der Waals surface area contributed by atoms with Gasteiger partial charge in [-0.25, -0.2) is 0 Å². The normalized spacial score (nSPS) is 21.1. The van der Waals surface area contributed by atoms with Crippen molar-refractivity contribution in [2.24, 2.45) is 35.5 Å². The molecule has 0 aromatic carbocycles. The Labute approximate surface area is 144 Å². The Morgan fingerprint density at radius 3 is 1.50 bits per heavy atom. The van der Waals surface area contributed by atoms with Gasteiger partial charge in [-0.1, -0.05) is 92.1 Å². The van der Waals surface area contributed by atoms with Crippen molar-refractivity contribution in [3.05, 3.63) is 21.0 Å². The van der Waals surface area contributed by atoms with Gasteiger partial charge in [0.05, 0.1) is 0 Å². The van der Waals surface area contributed by atoms with Crippen LogP contribution in [0.4, 0.5) is 0 Å². The molecule has 1 aliphatic heterocycles. The van der Waals surface area contributed by atoms with Crippen LogP contribution in [-0.2, 0) is 0 Å². The van der Waals surface area contributed by atoms with Crippen molar-refractivity contribution < 1.29 is 0 Å². The standard InChI is InChI=1S/C21H38S/c1-12(2)17-11-18(13(3)4)20(15(7)8)22-21(16(9)10)19(17)14(5)6/h12-17H,11H2,1-10H3. The van der Waals surface area contributed by atoms with Crippen molar-refractivity contribution >= 4 is 11.8 Å². The van der Waals surface area contributed by atoms with E-state index in [0.717, 1.165) is 0 Å². The highest BCUT2D eigenvalue weighted by Gasteiger charge is 2.32. The van der Waals surface area contributed by atoms with E-state index in [2.05, 4.69) is 81.0 Å². The summed E-state index contributed by atoms with van der Waals surface area (Å²) in [6.07, 6.45) is 1.26. The summed E-state index contributed by atoms with van der Waals surface area (Å²) in [4.78, 5) is 3.31. The summed E-state index contributed by atoms with van der Waals surface area (Å²) in [6, 6.07) is 0. The third kappa shape index (κ3) is 4.43. The minimum Gasteiger partial charge on any atom is -0.0985 e. The fourth-order valence-corrected chi connectivity index (χ4v) is 5.30. The number of rotatable bonds is 5. The molecule has 1 rings (SSSR count). The van der Waals surface area contributed by atoms with Crippen molar-refractivity contribution in [1.82, 2.24) is 0 Å². The van der Waals surface area contributed by atoms with E-state index >= 15 is 0 Å². The Morgan fingerprint density at radius 2 is 1.18 bits per heavy atom. The fourth-order valence-electron chi connectivity index (χ4n) is 3.64. The van der Waals surface area contributed by atoms with Gasteiger partial charge in [-0.2, -0.15) is 0 Å². The Kier molecular flexibility index (Phi) is 7.30. The van der Waals surface area contributed by atoms with Crippen LogP contribution < -0.4 is 0 Å². The van der Waals surface area contributed by atoms with Crippen LogP contribution in [0, 0.1) is 35.5 Å². The number of thioether (sulfide) groups is 1. The van der Waals surface area contributed by atoms with Crippen LogP contribution in [0.1, 0.15) is 75.7 Å². The third-order valence-corrected chi connectivity index (χ3v) is 6.71. The van der Waals surface area contributed by atoms with Crippen LogP contribution >= 0.6 is 11.8 Å². The van der Waals surface area contributed by atoms with Crippen LogP contribution in [0.2, 0.25) is 0 Å². The highest BCUT2D eigenvalue weighted by atomic mass is 32.2. The quantitative estimate of drug-likeness (QED) is 0.504. The van der Waals surface area contributed by atoms with Gasteiger partial charge in [-0.05, 0) is 51.7 Å². The van der Waals surface area contributed by atoms with E-state index in [1.54, 1.807) is 21.0 Å². The summed E-state index contributed by atoms with van der Waals surface area (Å²) < 4.78 is 0. The van der Waals surface area contributed by atoms with Crippen molar-refractivity contribution in [1.29, 1.82) is 0 Å². The summed E-state index contributed by atoms with van der Waals surface area (Å²) in [5.74, 6) is 3.99. The fraction of sp³-hybridized carbons (Fsp3) is 0.810. The van der Waals surface area contributed by atoms with Gasteiger partial charge < -0.3 is 0 Å². The first-order valence-electron chi connectivity index (χ1n) is 9.22. The lowest BCUT2D eigenvalue weighted by atomic mass is 9.75. The molecule has 1 unspecified atom stereocenters. The van der Waals surface area contributed by atoms with Crippen LogP contribution in [0.15, 0.2) is 21.0 Å². The van der Waals surface area contributed by atoms with E-state index in [-0.39, 0.29) is 0 Å². The molecule has 22 heavy (non-hydrogen) atoms. The molecule has 1 atom stereocenters. The molecule has 128 valence electrons. The first kappa shape index (κ1) is 19.9. The van der Waals surface area contributed by atoms with Crippen LogP contribution in [0.25, 0.3) is 0 Å². The van der Waals surface area contributed by atoms with Gasteiger partial charge in [0.1, 0.15) is 0 Å². The van der Waals surface area contributed by atoms with Gasteiger partial charge in [0.2, 0.25) is 0 Å². The molecule has 0 spiro atoms. The lowest BCUT2D eigenvalue weighted by Crippen LogP contribution is -2.19. The van der Waals surface area contributed by atoms with Crippen LogP contribution in [-0.4, -0.2) is 0 Å². The molecule has 0 bridgehead atoms. The van der Waals surface area contributed by atoms with Crippen molar-refractivity contribution in [3.8, 4) is 0 Å². The zero-order valence-corrected chi connectivity index (χ0v) is 17.4. The lowest BCUT2D eigenvalue weighted by molar-refractivity contribution is 0.393. The zero-order chi connectivity index (χ0) is 17.2. The summed E-state index contributed by atoms with van der Waals surface area (Å²) in [7, 11) is 0. The molecule has 1 heterocycles. The molecule has 0 fully saturated rings. The monoisotopic (exact) mass is 322 g/mol. The lowest BCUT2D eigenvalue weighted by Gasteiger charge is -2.30. The van der Waals surface area contributed by atoms with Gasteiger partial charge in [-0.3, -0.25) is 0 Å². The van der Waals surface area contributed by atoms with Gasteiger partial charge in [0.15, 0.2) is 0 Å². The number of allylic oxidation sites excluding steroid dienone is 4. The molecule has 0 radical (unpaired) electrons. The molecule has 1 heteroatoms. The number of hydrogen-bond donors (Lipinski definition) is 0. The topological polar surface area (TPSA) is 0 Å². The van der Waals surface area contributed by atoms with Gasteiger partial charge in [0, 0.05) is 0 Å². The average molecular weight is 323 g/mol. The molecule has 0 saturated heterocycles. The molecule has 0 nitrogen and oxygen atoms in total. The summed E-state index contributed by atoms with van der Waals surface area (Å²) in [6.45, 7) is 23.9. The second kappa shape index (κ2) is 8.08. The van der Waals surface area contributed by atoms with E-state index < -0.39 is 0 Å². The molecule has 1 aliphatic rings. The first-order chi connectivity index (χ1) is 10.1. The molecule has 0 aromatic rings. The molecule has 0 amide bonds. The largest absolute Gasteiger partial charge is 0.0985 e. The second-order valence-electron chi connectivity index (χ2n) is 8.48. The van der Waals surface area contributed by atoms with Crippen LogP contribution in [0.3, 0.4) is 0 Å². The Morgan fingerprint density at radius 1 is 0.682 bits per heavy atom. The van der Waals surface area contributed by atoms with Crippen molar-refractivity contribution in [2.45, 2.75) is 75.7 Å². The maximum Gasteiger partial charge on any atom is -0.00824 e. The maximum absolute atomic E-state index is 2.41. The van der Waals surface area contributed by atoms with E-state index in [1.165, 1.54) is 6.42 Å². The molecule has 0 N–H and O–H groups in total. The highest BCUT2D eigenvalue weighted by Crippen LogP contribution is 2.50. The molecule has 0 aliphatic carbocycles. The van der Waals surface area contributed by atoms with Gasteiger partial charge >= 0.3 is 0 Å². The second-order valence-corrected chi connectivity index (χ2v) is 9.57. The minimum absolute atomic E-state index is 0.629. The summed E-state index contributed by atoms with van der Waals surface area (Å²) >= 11 is 2.12. The smallest absolute Gasteiger partial charge is 0.00824 e. The molecule has 0 aromatic heterocycles. The average Bonchev–Trinajstić information content (AvgIpc) is 2.55. The van der Waals surface area contributed by atoms with E-state index in [1.807, 2.05) is 0 Å². The minimum atomic E-state index is 0.629. The predicted octanol–water partition coefficient (Wildman–Crippen LogP) is 7.53. The zero-order valence-electron chi connectivity index (χ0n) is 16.6. The Balaban J connectivity index is 3.54. The van der Waals surface area contributed by atoms with Crippen molar-refractivity contribution in [3.63, 3.8) is 0 Å². The Hall–Kier alpha value is -0.170. The Bertz CT molecular complexity index is 433. The predicted molar refractivity (Wildman–Crippen MR) is 104 cm³/mol.